The molecule has 0 heterocycles. The predicted molar refractivity (Wildman–Crippen MR) is 67.2 cm³/mol. The van der Waals surface area contributed by atoms with E-state index in [-0.39, 0.29) is 12.6 Å². The van der Waals surface area contributed by atoms with Gasteiger partial charge in [-0.05, 0) is 30.9 Å². The molecule has 1 aromatic carbocycles. The van der Waals surface area contributed by atoms with Gasteiger partial charge in [0.05, 0.1) is 5.56 Å². The highest BCUT2D eigenvalue weighted by atomic mass is 19.4. The fourth-order valence-corrected chi connectivity index (χ4v) is 2.03. The van der Waals surface area contributed by atoms with Gasteiger partial charge in [-0.3, -0.25) is 0 Å². The van der Waals surface area contributed by atoms with Crippen molar-refractivity contribution in [3.8, 4) is 0 Å². The third-order valence-electron chi connectivity index (χ3n) is 2.79. The molecule has 0 aromatic heterocycles. The van der Waals surface area contributed by atoms with E-state index in [1.165, 1.54) is 12.1 Å². The van der Waals surface area contributed by atoms with Gasteiger partial charge in [-0.1, -0.05) is 32.0 Å². The molecule has 0 fully saturated rings. The first-order valence-electron chi connectivity index (χ1n) is 6.19. The van der Waals surface area contributed by atoms with Crippen LogP contribution in [-0.2, 0) is 12.7 Å². The highest BCUT2D eigenvalue weighted by Crippen LogP contribution is 2.31. The Labute approximate surface area is 106 Å². The van der Waals surface area contributed by atoms with Crippen LogP contribution in [0.25, 0.3) is 0 Å². The number of hydrogen-bond donors (Lipinski definition) is 1. The second-order valence-corrected chi connectivity index (χ2v) is 5.07. The van der Waals surface area contributed by atoms with Gasteiger partial charge in [-0.25, -0.2) is 0 Å². The normalized spacial score (nSPS) is 13.9. The number of rotatable bonds is 5. The second-order valence-electron chi connectivity index (χ2n) is 5.07. The third-order valence-corrected chi connectivity index (χ3v) is 2.79. The maximum Gasteiger partial charge on any atom is 0.416 e. The summed E-state index contributed by atoms with van der Waals surface area (Å²) in [6.07, 6.45) is -3.33. The molecule has 102 valence electrons. The highest BCUT2D eigenvalue weighted by molar-refractivity contribution is 5.29. The summed E-state index contributed by atoms with van der Waals surface area (Å²) in [5.74, 6) is 0.533. The van der Waals surface area contributed by atoms with Crippen LogP contribution in [0.4, 0.5) is 13.2 Å². The van der Waals surface area contributed by atoms with Crippen molar-refractivity contribution in [2.75, 3.05) is 0 Å². The van der Waals surface area contributed by atoms with E-state index in [4.69, 9.17) is 0 Å². The molecule has 0 spiro atoms. The average Bonchev–Trinajstić information content (AvgIpc) is 2.24. The average molecular weight is 259 g/mol. The molecule has 0 amide bonds. The molecule has 0 bridgehead atoms. The maximum absolute atomic E-state index is 12.8. The van der Waals surface area contributed by atoms with E-state index < -0.39 is 11.7 Å². The van der Waals surface area contributed by atoms with Gasteiger partial charge in [0.25, 0.3) is 0 Å². The zero-order valence-electron chi connectivity index (χ0n) is 11.0. The van der Waals surface area contributed by atoms with Crippen molar-refractivity contribution < 1.29 is 13.2 Å². The summed E-state index contributed by atoms with van der Waals surface area (Å²) in [5, 5.41) is 3.14. The lowest BCUT2D eigenvalue weighted by Crippen LogP contribution is -2.28. The summed E-state index contributed by atoms with van der Waals surface area (Å²) < 4.78 is 38.3. The van der Waals surface area contributed by atoms with E-state index in [0.717, 1.165) is 12.5 Å². The minimum atomic E-state index is -4.28. The van der Waals surface area contributed by atoms with Gasteiger partial charge in [0, 0.05) is 12.6 Å². The van der Waals surface area contributed by atoms with E-state index in [1.807, 2.05) is 6.92 Å². The molecule has 0 radical (unpaired) electrons. The molecule has 0 saturated heterocycles. The van der Waals surface area contributed by atoms with Crippen molar-refractivity contribution in [3.05, 3.63) is 35.4 Å². The van der Waals surface area contributed by atoms with E-state index in [1.54, 1.807) is 6.07 Å². The molecule has 0 aliphatic rings. The minimum Gasteiger partial charge on any atom is -0.310 e. The van der Waals surface area contributed by atoms with Crippen LogP contribution < -0.4 is 5.32 Å². The standard InChI is InChI=1S/C14H20F3N/c1-10(2)8-11(3)18-9-12-6-4-5-7-13(12)14(15,16)17/h4-7,10-11,18H,8-9H2,1-3H3. The molecule has 18 heavy (non-hydrogen) atoms. The molecule has 1 atom stereocenters. The van der Waals surface area contributed by atoms with Gasteiger partial charge in [0.1, 0.15) is 0 Å². The van der Waals surface area contributed by atoms with Crippen molar-refractivity contribution in [2.24, 2.45) is 5.92 Å². The van der Waals surface area contributed by atoms with Gasteiger partial charge < -0.3 is 5.32 Å². The Balaban J connectivity index is 2.68. The summed E-state index contributed by atoms with van der Waals surface area (Å²) >= 11 is 0. The number of hydrogen-bond acceptors (Lipinski definition) is 1. The van der Waals surface area contributed by atoms with Gasteiger partial charge in [0.2, 0.25) is 0 Å². The van der Waals surface area contributed by atoms with Crippen LogP contribution in [0.1, 0.15) is 38.3 Å². The Hall–Kier alpha value is -1.03. The van der Waals surface area contributed by atoms with Gasteiger partial charge in [-0.2, -0.15) is 13.2 Å². The molecule has 1 aromatic rings. The fourth-order valence-electron chi connectivity index (χ4n) is 2.03. The van der Waals surface area contributed by atoms with E-state index in [0.29, 0.717) is 11.5 Å². The Bertz CT molecular complexity index is 372. The van der Waals surface area contributed by atoms with Crippen molar-refractivity contribution in [1.29, 1.82) is 0 Å². The summed E-state index contributed by atoms with van der Waals surface area (Å²) in [5.41, 5.74) is -0.241. The first kappa shape index (κ1) is 15.0. The first-order valence-corrected chi connectivity index (χ1v) is 6.19. The molecule has 1 nitrogen and oxygen atoms in total. The molecule has 1 rings (SSSR count). The lowest BCUT2D eigenvalue weighted by Gasteiger charge is -2.18. The zero-order chi connectivity index (χ0) is 13.8. The largest absolute Gasteiger partial charge is 0.416 e. The minimum absolute atomic E-state index is 0.214. The third kappa shape index (κ3) is 4.69. The van der Waals surface area contributed by atoms with Gasteiger partial charge in [0.15, 0.2) is 0 Å². The molecule has 0 saturated carbocycles. The fraction of sp³-hybridized carbons (Fsp3) is 0.571. The van der Waals surface area contributed by atoms with Crippen molar-refractivity contribution in [2.45, 2.75) is 46.0 Å². The Kier molecular flexibility index (Phi) is 5.20. The van der Waals surface area contributed by atoms with Crippen LogP contribution in [0.2, 0.25) is 0 Å². The predicted octanol–water partition coefficient (Wildman–Crippen LogP) is 4.23. The van der Waals surface area contributed by atoms with Crippen LogP contribution in [0, 0.1) is 5.92 Å². The quantitative estimate of drug-likeness (QED) is 0.834. The summed E-state index contributed by atoms with van der Waals surface area (Å²) in [7, 11) is 0. The highest BCUT2D eigenvalue weighted by Gasteiger charge is 2.32. The number of nitrogens with one attached hydrogen (secondary N) is 1. The molecular weight excluding hydrogens is 239 g/mol. The van der Waals surface area contributed by atoms with Gasteiger partial charge >= 0.3 is 6.18 Å². The summed E-state index contributed by atoms with van der Waals surface area (Å²) in [6, 6.07) is 5.93. The zero-order valence-corrected chi connectivity index (χ0v) is 11.0. The van der Waals surface area contributed by atoms with Crippen molar-refractivity contribution in [1.82, 2.24) is 5.32 Å². The molecule has 0 aliphatic heterocycles. The first-order chi connectivity index (χ1) is 8.30. The van der Waals surface area contributed by atoms with Crippen molar-refractivity contribution >= 4 is 0 Å². The molecule has 0 aliphatic carbocycles. The Morgan fingerprint density at radius 2 is 1.72 bits per heavy atom. The topological polar surface area (TPSA) is 12.0 Å². The second kappa shape index (κ2) is 6.23. The molecule has 1 N–H and O–H groups in total. The summed E-state index contributed by atoms with van der Waals surface area (Å²) in [4.78, 5) is 0. The van der Waals surface area contributed by atoms with E-state index in [2.05, 4.69) is 19.2 Å². The number of benzene rings is 1. The monoisotopic (exact) mass is 259 g/mol. The van der Waals surface area contributed by atoms with Crippen LogP contribution in [0.5, 0.6) is 0 Å². The summed E-state index contributed by atoms with van der Waals surface area (Å²) in [6.45, 7) is 6.45. The van der Waals surface area contributed by atoms with E-state index in [9.17, 15) is 13.2 Å². The van der Waals surface area contributed by atoms with E-state index >= 15 is 0 Å². The smallest absolute Gasteiger partial charge is 0.310 e. The van der Waals surface area contributed by atoms with Crippen LogP contribution in [0.3, 0.4) is 0 Å². The lowest BCUT2D eigenvalue weighted by molar-refractivity contribution is -0.138. The van der Waals surface area contributed by atoms with Crippen LogP contribution in [0.15, 0.2) is 24.3 Å². The molecular formula is C14H20F3N. The van der Waals surface area contributed by atoms with Crippen LogP contribution >= 0.6 is 0 Å². The molecule has 4 heteroatoms. The Morgan fingerprint density at radius 3 is 2.28 bits per heavy atom. The van der Waals surface area contributed by atoms with Crippen molar-refractivity contribution in [3.63, 3.8) is 0 Å². The maximum atomic E-state index is 12.8. The van der Waals surface area contributed by atoms with Gasteiger partial charge in [-0.15, -0.1) is 0 Å². The SMILES string of the molecule is CC(C)CC(C)NCc1ccccc1C(F)(F)F. The van der Waals surface area contributed by atoms with Crippen LogP contribution in [-0.4, -0.2) is 6.04 Å². The molecule has 1 unspecified atom stereocenters. The number of alkyl halides is 3. The number of halogens is 3. The Morgan fingerprint density at radius 1 is 1.11 bits per heavy atom. The lowest BCUT2D eigenvalue weighted by atomic mass is 10.0.